The van der Waals surface area contributed by atoms with Crippen molar-refractivity contribution in [3.63, 3.8) is 0 Å². The number of oxime groups is 1. The third kappa shape index (κ3) is 3.22. The molecule has 0 radical (unpaired) electrons. The first-order valence-electron chi connectivity index (χ1n) is 7.47. The third-order valence-electron chi connectivity index (χ3n) is 3.87. The van der Waals surface area contributed by atoms with Crippen LogP contribution in [-0.2, 0) is 9.63 Å². The summed E-state index contributed by atoms with van der Waals surface area (Å²) in [5.74, 6) is 0.0536. The van der Waals surface area contributed by atoms with Gasteiger partial charge < -0.3 is 14.9 Å². The Labute approximate surface area is 139 Å². The molecule has 1 atom stereocenters. The van der Waals surface area contributed by atoms with Crippen LogP contribution >= 0.6 is 0 Å². The molecule has 6 heteroatoms. The lowest BCUT2D eigenvalue weighted by molar-refractivity contribution is -0.135. The molecule has 2 aromatic carbocycles. The van der Waals surface area contributed by atoms with E-state index in [2.05, 4.69) is 10.5 Å². The smallest absolute Gasteiger partial charge is 0.271 e. The van der Waals surface area contributed by atoms with Crippen molar-refractivity contribution >= 4 is 17.3 Å². The summed E-state index contributed by atoms with van der Waals surface area (Å²) in [6.45, 7) is 1.67. The van der Waals surface area contributed by atoms with Gasteiger partial charge in [0.25, 0.3) is 5.91 Å². The van der Waals surface area contributed by atoms with Crippen molar-refractivity contribution in [3.8, 4) is 5.75 Å². The van der Waals surface area contributed by atoms with E-state index in [1.54, 1.807) is 14.0 Å². The highest BCUT2D eigenvalue weighted by molar-refractivity contribution is 6.07. The number of anilines is 1. The van der Waals surface area contributed by atoms with Gasteiger partial charge in [-0.05, 0) is 61.0 Å². The molecule has 124 valence electrons. The molecular formula is C18H17FN2O3. The summed E-state index contributed by atoms with van der Waals surface area (Å²) < 4.78 is 18.1. The minimum atomic E-state index is -1.11. The number of carbonyl (C=O) groups excluding carboxylic acids is 1. The van der Waals surface area contributed by atoms with Crippen molar-refractivity contribution < 1.29 is 18.8 Å². The molecule has 5 nitrogen and oxygen atoms in total. The normalized spacial score (nSPS) is 19.4. The van der Waals surface area contributed by atoms with E-state index in [4.69, 9.17) is 9.57 Å². The van der Waals surface area contributed by atoms with Crippen LogP contribution in [0.25, 0.3) is 0 Å². The highest BCUT2D eigenvalue weighted by Crippen LogP contribution is 2.28. The lowest BCUT2D eigenvalue weighted by Gasteiger charge is -2.20. The first-order chi connectivity index (χ1) is 11.5. The van der Waals surface area contributed by atoms with Gasteiger partial charge in [0.15, 0.2) is 0 Å². The summed E-state index contributed by atoms with van der Waals surface area (Å²) in [6.07, 6.45) is 0.340. The molecule has 24 heavy (non-hydrogen) atoms. The summed E-state index contributed by atoms with van der Waals surface area (Å²) in [6, 6.07) is 12.9. The topological polar surface area (TPSA) is 59.9 Å². The molecular weight excluding hydrogens is 311 g/mol. The van der Waals surface area contributed by atoms with Crippen molar-refractivity contribution in [2.24, 2.45) is 5.16 Å². The lowest BCUT2D eigenvalue weighted by atomic mass is 9.95. The number of hydrogen-bond acceptors (Lipinski definition) is 4. The van der Waals surface area contributed by atoms with Gasteiger partial charge in [-0.2, -0.15) is 0 Å². The number of methoxy groups -OCH3 is 1. The summed E-state index contributed by atoms with van der Waals surface area (Å²) in [5, 5.41) is 6.76. The number of benzene rings is 2. The van der Waals surface area contributed by atoms with E-state index >= 15 is 0 Å². The van der Waals surface area contributed by atoms with Crippen molar-refractivity contribution in [1.29, 1.82) is 0 Å². The zero-order chi connectivity index (χ0) is 17.2. The highest BCUT2D eigenvalue weighted by Gasteiger charge is 2.42. The van der Waals surface area contributed by atoms with Crippen LogP contribution < -0.4 is 10.1 Å². The van der Waals surface area contributed by atoms with Crippen LogP contribution in [0.3, 0.4) is 0 Å². The molecule has 0 aromatic heterocycles. The second kappa shape index (κ2) is 6.31. The Kier molecular flexibility index (Phi) is 4.20. The Hall–Kier alpha value is -2.89. The molecule has 0 spiro atoms. The Morgan fingerprint density at radius 2 is 1.88 bits per heavy atom. The number of amides is 1. The van der Waals surface area contributed by atoms with Crippen molar-refractivity contribution in [1.82, 2.24) is 0 Å². The first kappa shape index (κ1) is 16.0. The van der Waals surface area contributed by atoms with Crippen molar-refractivity contribution in [3.05, 3.63) is 59.9 Å². The molecule has 2 aromatic rings. The number of hydrogen-bond donors (Lipinski definition) is 1. The second-order valence-electron chi connectivity index (χ2n) is 5.73. The summed E-state index contributed by atoms with van der Waals surface area (Å²) in [5.41, 5.74) is 0.955. The molecule has 1 N–H and O–H groups in total. The Morgan fingerprint density at radius 3 is 2.50 bits per heavy atom. The summed E-state index contributed by atoms with van der Waals surface area (Å²) >= 11 is 0. The van der Waals surface area contributed by atoms with Gasteiger partial charge in [0, 0.05) is 12.1 Å². The maximum Gasteiger partial charge on any atom is 0.271 e. The summed E-state index contributed by atoms with van der Waals surface area (Å²) in [7, 11) is 1.60. The maximum absolute atomic E-state index is 12.9. The molecule has 0 saturated heterocycles. The monoisotopic (exact) mass is 328 g/mol. The molecule has 0 saturated carbocycles. The molecule has 3 rings (SSSR count). The van der Waals surface area contributed by atoms with Crippen LogP contribution in [0.1, 0.15) is 18.9 Å². The van der Waals surface area contributed by atoms with Crippen LogP contribution in [0, 0.1) is 5.82 Å². The predicted molar refractivity (Wildman–Crippen MR) is 88.7 cm³/mol. The van der Waals surface area contributed by atoms with Crippen LogP contribution in [0.5, 0.6) is 5.75 Å². The Bertz CT molecular complexity index is 772. The number of nitrogens with zero attached hydrogens (tertiary/aromatic N) is 1. The first-order valence-corrected chi connectivity index (χ1v) is 7.47. The van der Waals surface area contributed by atoms with Crippen molar-refractivity contribution in [2.75, 3.05) is 12.4 Å². The average molecular weight is 328 g/mol. The molecule has 0 bridgehead atoms. The zero-order valence-corrected chi connectivity index (χ0v) is 13.4. The zero-order valence-electron chi connectivity index (χ0n) is 13.4. The van der Waals surface area contributed by atoms with Gasteiger partial charge in [-0.15, -0.1) is 0 Å². The molecule has 1 heterocycles. The Balaban J connectivity index is 1.69. The molecule has 0 fully saturated rings. The SMILES string of the molecule is COc1ccc(C2=NO[C@@](C)(C(=O)Nc3ccc(F)cc3)C2)cc1. The highest BCUT2D eigenvalue weighted by atomic mass is 19.1. The minimum Gasteiger partial charge on any atom is -0.497 e. The molecule has 0 unspecified atom stereocenters. The quantitative estimate of drug-likeness (QED) is 0.936. The lowest BCUT2D eigenvalue weighted by Crippen LogP contribution is -2.40. The molecule has 1 aliphatic rings. The van der Waals surface area contributed by atoms with E-state index < -0.39 is 5.60 Å². The van der Waals surface area contributed by atoms with E-state index in [0.29, 0.717) is 17.8 Å². The van der Waals surface area contributed by atoms with Gasteiger partial charge in [-0.1, -0.05) is 5.16 Å². The van der Waals surface area contributed by atoms with E-state index in [1.807, 2.05) is 24.3 Å². The van der Waals surface area contributed by atoms with Crippen LogP contribution in [0.2, 0.25) is 0 Å². The second-order valence-corrected chi connectivity index (χ2v) is 5.73. The van der Waals surface area contributed by atoms with Crippen LogP contribution in [-0.4, -0.2) is 24.3 Å². The van der Waals surface area contributed by atoms with Crippen LogP contribution in [0.4, 0.5) is 10.1 Å². The summed E-state index contributed by atoms with van der Waals surface area (Å²) in [4.78, 5) is 17.9. The van der Waals surface area contributed by atoms with E-state index in [0.717, 1.165) is 11.3 Å². The third-order valence-corrected chi connectivity index (χ3v) is 3.87. The van der Waals surface area contributed by atoms with Gasteiger partial charge in [0.05, 0.1) is 12.8 Å². The van der Waals surface area contributed by atoms with Gasteiger partial charge in [-0.25, -0.2) is 4.39 Å². The van der Waals surface area contributed by atoms with Gasteiger partial charge in [0.2, 0.25) is 5.60 Å². The Morgan fingerprint density at radius 1 is 1.21 bits per heavy atom. The van der Waals surface area contributed by atoms with Crippen molar-refractivity contribution in [2.45, 2.75) is 18.9 Å². The van der Waals surface area contributed by atoms with Crippen LogP contribution in [0.15, 0.2) is 53.7 Å². The maximum atomic E-state index is 12.9. The fraction of sp³-hybridized carbons (Fsp3) is 0.222. The van der Waals surface area contributed by atoms with E-state index in [-0.39, 0.29) is 11.7 Å². The minimum absolute atomic E-state index is 0.332. The van der Waals surface area contributed by atoms with Gasteiger partial charge >= 0.3 is 0 Å². The fourth-order valence-corrected chi connectivity index (χ4v) is 2.40. The van der Waals surface area contributed by atoms with E-state index in [1.165, 1.54) is 24.3 Å². The standard InChI is InChI=1S/C18H17FN2O3/c1-18(17(22)20-14-7-5-13(19)6-8-14)11-16(21-24-18)12-3-9-15(23-2)10-4-12/h3-10H,11H2,1-2H3,(H,20,22)/t18-/m1/s1. The average Bonchev–Trinajstić information content (AvgIpc) is 3.01. The molecule has 0 aliphatic carbocycles. The largest absolute Gasteiger partial charge is 0.497 e. The number of nitrogens with one attached hydrogen (secondary N) is 1. The number of rotatable bonds is 4. The number of carbonyl (C=O) groups is 1. The number of ether oxygens (including phenoxy) is 1. The fourth-order valence-electron chi connectivity index (χ4n) is 2.40. The molecule has 1 aliphatic heterocycles. The number of halogens is 1. The predicted octanol–water partition coefficient (Wildman–Crippen LogP) is 3.36. The van der Waals surface area contributed by atoms with E-state index in [9.17, 15) is 9.18 Å². The van der Waals surface area contributed by atoms with Gasteiger partial charge in [-0.3, -0.25) is 4.79 Å². The molecule has 1 amide bonds. The van der Waals surface area contributed by atoms with Gasteiger partial charge in [0.1, 0.15) is 11.6 Å².